The lowest BCUT2D eigenvalue weighted by molar-refractivity contribution is 0.0940. The zero-order chi connectivity index (χ0) is 20.5. The van der Waals surface area contributed by atoms with Crippen LogP contribution in [0.5, 0.6) is 0 Å². The molecular weight excluding hydrogens is 376 g/mol. The summed E-state index contributed by atoms with van der Waals surface area (Å²) < 4.78 is 24.5. The molecule has 0 radical (unpaired) electrons. The molecule has 1 unspecified atom stereocenters. The minimum Gasteiger partial charge on any atom is -0.346 e. The Hall–Kier alpha value is -2.97. The molecule has 0 bridgehead atoms. The maximum absolute atomic E-state index is 12.5. The minimum atomic E-state index is -3.73. The van der Waals surface area contributed by atoms with Gasteiger partial charge in [0.15, 0.2) is 0 Å². The van der Waals surface area contributed by atoms with Crippen molar-refractivity contribution >= 4 is 15.9 Å². The van der Waals surface area contributed by atoms with E-state index in [1.165, 1.54) is 12.1 Å². The van der Waals surface area contributed by atoms with Crippen LogP contribution in [0.3, 0.4) is 0 Å². The van der Waals surface area contributed by atoms with Crippen molar-refractivity contribution in [2.24, 2.45) is 5.14 Å². The third kappa shape index (κ3) is 4.29. The van der Waals surface area contributed by atoms with Crippen LogP contribution in [0.25, 0.3) is 5.69 Å². The second-order valence-corrected chi connectivity index (χ2v) is 8.26. The molecule has 3 rings (SSSR count). The fraction of sp³-hybridized carbons (Fsp3) is 0.200. The van der Waals surface area contributed by atoms with Crippen molar-refractivity contribution in [2.45, 2.75) is 31.7 Å². The Labute approximate surface area is 164 Å². The molecule has 0 saturated heterocycles. The van der Waals surface area contributed by atoms with Crippen LogP contribution in [0.1, 0.15) is 40.3 Å². The topological polar surface area (TPSA) is 107 Å². The van der Waals surface area contributed by atoms with Gasteiger partial charge in [-0.05, 0) is 68.8 Å². The van der Waals surface area contributed by atoms with Gasteiger partial charge in [0.25, 0.3) is 5.91 Å². The molecule has 0 saturated carbocycles. The summed E-state index contributed by atoms with van der Waals surface area (Å²) in [5, 5.41) is 12.4. The monoisotopic (exact) mass is 398 g/mol. The smallest absolute Gasteiger partial charge is 0.251 e. The Morgan fingerprint density at radius 3 is 2.18 bits per heavy atom. The van der Waals surface area contributed by atoms with E-state index >= 15 is 0 Å². The number of aryl methyl sites for hydroxylation is 2. The first-order valence-corrected chi connectivity index (χ1v) is 10.3. The maximum Gasteiger partial charge on any atom is 0.251 e. The van der Waals surface area contributed by atoms with Crippen LogP contribution in [0.15, 0.2) is 59.5 Å². The Bertz CT molecular complexity index is 1100. The predicted molar refractivity (Wildman–Crippen MR) is 107 cm³/mol. The van der Waals surface area contributed by atoms with Crippen LogP contribution < -0.4 is 10.5 Å². The Balaban J connectivity index is 1.71. The van der Waals surface area contributed by atoms with Gasteiger partial charge in [-0.1, -0.05) is 12.1 Å². The molecule has 0 spiro atoms. The number of hydrogen-bond acceptors (Lipinski definition) is 4. The average Bonchev–Trinajstić information content (AvgIpc) is 2.99. The number of rotatable bonds is 5. The van der Waals surface area contributed by atoms with Crippen LogP contribution in [0, 0.1) is 13.8 Å². The van der Waals surface area contributed by atoms with Crippen molar-refractivity contribution in [3.8, 4) is 5.69 Å². The number of nitrogens with one attached hydrogen (secondary N) is 1. The van der Waals surface area contributed by atoms with E-state index in [0.717, 1.165) is 22.6 Å². The van der Waals surface area contributed by atoms with Crippen molar-refractivity contribution in [3.63, 3.8) is 0 Å². The molecule has 0 aliphatic rings. The van der Waals surface area contributed by atoms with E-state index < -0.39 is 10.0 Å². The molecule has 1 atom stereocenters. The van der Waals surface area contributed by atoms with Crippen molar-refractivity contribution < 1.29 is 13.2 Å². The summed E-state index contributed by atoms with van der Waals surface area (Å²) in [7, 11) is -3.73. The summed E-state index contributed by atoms with van der Waals surface area (Å²) >= 11 is 0. The zero-order valence-corrected chi connectivity index (χ0v) is 16.7. The van der Waals surface area contributed by atoms with Gasteiger partial charge in [0.05, 0.1) is 22.3 Å². The molecule has 1 amide bonds. The van der Waals surface area contributed by atoms with E-state index in [9.17, 15) is 13.2 Å². The van der Waals surface area contributed by atoms with Gasteiger partial charge < -0.3 is 5.32 Å². The molecule has 28 heavy (non-hydrogen) atoms. The lowest BCUT2D eigenvalue weighted by Crippen LogP contribution is -2.26. The lowest BCUT2D eigenvalue weighted by atomic mass is 10.1. The Morgan fingerprint density at radius 2 is 1.68 bits per heavy atom. The fourth-order valence-electron chi connectivity index (χ4n) is 2.95. The number of carbonyl (C=O) groups is 1. The molecule has 0 aliphatic carbocycles. The number of carbonyl (C=O) groups excluding carboxylic acids is 1. The van der Waals surface area contributed by atoms with Crippen LogP contribution in [-0.2, 0) is 10.0 Å². The van der Waals surface area contributed by atoms with Gasteiger partial charge in [0, 0.05) is 11.3 Å². The van der Waals surface area contributed by atoms with Crippen molar-refractivity contribution in [1.82, 2.24) is 15.1 Å². The number of aromatic nitrogens is 2. The average molecular weight is 398 g/mol. The van der Waals surface area contributed by atoms with Crippen molar-refractivity contribution in [3.05, 3.63) is 77.1 Å². The number of hydrogen-bond donors (Lipinski definition) is 2. The summed E-state index contributed by atoms with van der Waals surface area (Å²) in [6, 6.07) is 15.0. The van der Waals surface area contributed by atoms with E-state index in [-0.39, 0.29) is 16.8 Å². The molecule has 0 fully saturated rings. The Kier molecular flexibility index (Phi) is 5.35. The molecule has 8 heteroatoms. The number of amides is 1. The normalized spacial score (nSPS) is 12.6. The standard InChI is InChI=1S/C20H22N4O3S/c1-13-12-14(2)24(23-13)18-8-4-17(5-9-18)20(25)22-15(3)16-6-10-19(11-7-16)28(21,26)27/h4-12,15H,1-3H3,(H,22,25)(H2,21,26,27). The summed E-state index contributed by atoms with van der Waals surface area (Å²) in [5.74, 6) is -0.219. The second-order valence-electron chi connectivity index (χ2n) is 6.69. The molecule has 1 heterocycles. The predicted octanol–water partition coefficient (Wildman–Crippen LogP) is 2.63. The van der Waals surface area contributed by atoms with Crippen LogP contribution >= 0.6 is 0 Å². The molecule has 146 valence electrons. The van der Waals surface area contributed by atoms with Crippen molar-refractivity contribution in [2.75, 3.05) is 0 Å². The minimum absolute atomic E-state index is 0.0366. The van der Waals surface area contributed by atoms with Gasteiger partial charge >= 0.3 is 0 Å². The summed E-state index contributed by atoms with van der Waals surface area (Å²) in [6.45, 7) is 5.74. The van der Waals surface area contributed by atoms with Crippen LogP contribution in [-0.4, -0.2) is 24.1 Å². The maximum atomic E-state index is 12.5. The highest BCUT2D eigenvalue weighted by molar-refractivity contribution is 7.89. The van der Waals surface area contributed by atoms with E-state index in [4.69, 9.17) is 5.14 Å². The molecule has 7 nitrogen and oxygen atoms in total. The van der Waals surface area contributed by atoms with Gasteiger partial charge in [0.1, 0.15) is 0 Å². The summed E-state index contributed by atoms with van der Waals surface area (Å²) in [6.07, 6.45) is 0. The zero-order valence-electron chi connectivity index (χ0n) is 15.9. The molecule has 1 aromatic heterocycles. The first-order chi connectivity index (χ1) is 13.1. The van der Waals surface area contributed by atoms with Gasteiger partial charge in [-0.2, -0.15) is 5.10 Å². The van der Waals surface area contributed by atoms with Crippen LogP contribution in [0.2, 0.25) is 0 Å². The molecule has 3 aromatic rings. The summed E-state index contributed by atoms with van der Waals surface area (Å²) in [5.41, 5.74) is 4.14. The third-order valence-corrected chi connectivity index (χ3v) is 5.37. The molecule has 3 N–H and O–H groups in total. The summed E-state index contributed by atoms with van der Waals surface area (Å²) in [4.78, 5) is 12.6. The highest BCUT2D eigenvalue weighted by atomic mass is 32.2. The largest absolute Gasteiger partial charge is 0.346 e. The SMILES string of the molecule is Cc1cc(C)n(-c2ccc(C(=O)NC(C)c3ccc(S(N)(=O)=O)cc3)cc2)n1. The highest BCUT2D eigenvalue weighted by Crippen LogP contribution is 2.17. The van der Waals surface area contributed by atoms with Gasteiger partial charge in [-0.15, -0.1) is 0 Å². The quantitative estimate of drug-likeness (QED) is 0.689. The number of primary sulfonamides is 1. The lowest BCUT2D eigenvalue weighted by Gasteiger charge is -2.15. The Morgan fingerprint density at radius 1 is 1.07 bits per heavy atom. The van der Waals surface area contributed by atoms with Crippen molar-refractivity contribution in [1.29, 1.82) is 0 Å². The van der Waals surface area contributed by atoms with Gasteiger partial charge in [0.2, 0.25) is 10.0 Å². The number of nitrogens with two attached hydrogens (primary N) is 1. The molecule has 0 aliphatic heterocycles. The first kappa shape index (κ1) is 19.8. The van der Waals surface area contributed by atoms with E-state index in [1.807, 2.05) is 43.7 Å². The molecular formula is C20H22N4O3S. The van der Waals surface area contributed by atoms with Gasteiger partial charge in [-0.25, -0.2) is 18.2 Å². The number of nitrogens with zero attached hydrogens (tertiary/aromatic N) is 2. The second kappa shape index (κ2) is 7.57. The third-order valence-electron chi connectivity index (χ3n) is 4.44. The van der Waals surface area contributed by atoms with E-state index in [0.29, 0.717) is 5.56 Å². The van der Waals surface area contributed by atoms with Gasteiger partial charge in [-0.3, -0.25) is 4.79 Å². The number of benzene rings is 2. The fourth-order valence-corrected chi connectivity index (χ4v) is 3.47. The highest BCUT2D eigenvalue weighted by Gasteiger charge is 2.14. The van der Waals surface area contributed by atoms with E-state index in [2.05, 4.69) is 10.4 Å². The first-order valence-electron chi connectivity index (χ1n) is 8.72. The van der Waals surface area contributed by atoms with E-state index in [1.54, 1.807) is 24.3 Å². The van der Waals surface area contributed by atoms with Crippen LogP contribution in [0.4, 0.5) is 0 Å². The number of sulfonamides is 1. The molecule has 2 aromatic carbocycles.